The van der Waals surface area contributed by atoms with Gasteiger partial charge >= 0.3 is 0 Å². The van der Waals surface area contributed by atoms with Crippen LogP contribution in [0, 0.1) is 5.92 Å². The fraction of sp³-hybridized carbons (Fsp3) is 0.545. The van der Waals surface area contributed by atoms with E-state index in [0.717, 1.165) is 12.8 Å². The lowest BCUT2D eigenvalue weighted by molar-refractivity contribution is 0.0351. The lowest BCUT2D eigenvalue weighted by atomic mass is 10.1. The van der Waals surface area contributed by atoms with Crippen LogP contribution in [0.3, 0.4) is 0 Å². The summed E-state index contributed by atoms with van der Waals surface area (Å²) in [6, 6.07) is 3.42. The molecule has 1 aliphatic rings. The fourth-order valence-corrected chi connectivity index (χ4v) is 1.56. The fourth-order valence-electron chi connectivity index (χ4n) is 1.56. The summed E-state index contributed by atoms with van der Waals surface area (Å²) in [5, 5.41) is 0. The van der Waals surface area contributed by atoms with Gasteiger partial charge in [0.2, 0.25) is 5.78 Å². The van der Waals surface area contributed by atoms with Crippen molar-refractivity contribution in [1.82, 2.24) is 0 Å². The largest absolute Gasteiger partial charge is 0.461 e. The van der Waals surface area contributed by atoms with Crippen molar-refractivity contribution >= 4 is 5.78 Å². The van der Waals surface area contributed by atoms with Gasteiger partial charge in [0.05, 0.1) is 6.26 Å². The Morgan fingerprint density at radius 2 is 2.50 bits per heavy atom. The molecule has 14 heavy (non-hydrogen) atoms. The van der Waals surface area contributed by atoms with Gasteiger partial charge in [0.15, 0.2) is 5.76 Å². The highest BCUT2D eigenvalue weighted by molar-refractivity contribution is 5.97. The van der Waals surface area contributed by atoms with Gasteiger partial charge in [-0.1, -0.05) is 0 Å². The van der Waals surface area contributed by atoms with Gasteiger partial charge in [0.25, 0.3) is 0 Å². The number of ketones is 1. The van der Waals surface area contributed by atoms with E-state index in [1.165, 1.54) is 6.26 Å². The van der Waals surface area contributed by atoms with Crippen molar-refractivity contribution in [2.45, 2.75) is 25.9 Å². The maximum Gasteiger partial charge on any atom is 0.226 e. The van der Waals surface area contributed by atoms with Gasteiger partial charge in [-0.2, -0.15) is 0 Å². The maximum atomic E-state index is 11.9. The number of carbonyl (C=O) groups is 1. The van der Waals surface area contributed by atoms with Crippen LogP contribution in [0.25, 0.3) is 0 Å². The predicted molar refractivity (Wildman–Crippen MR) is 51.2 cm³/mol. The van der Waals surface area contributed by atoms with Crippen molar-refractivity contribution in [2.24, 2.45) is 5.92 Å². The van der Waals surface area contributed by atoms with Crippen molar-refractivity contribution in [3.8, 4) is 0 Å². The first-order chi connectivity index (χ1) is 6.83. The molecule has 1 fully saturated rings. The zero-order valence-electron chi connectivity index (χ0n) is 8.23. The molecule has 3 heteroatoms. The van der Waals surface area contributed by atoms with E-state index >= 15 is 0 Å². The van der Waals surface area contributed by atoms with E-state index in [2.05, 4.69) is 0 Å². The summed E-state index contributed by atoms with van der Waals surface area (Å²) in [6.45, 7) is 2.48. The normalized spacial score (nSPS) is 18.1. The number of ether oxygens (including phenoxy) is 1. The summed E-state index contributed by atoms with van der Waals surface area (Å²) in [6.07, 6.45) is 3.42. The Hall–Kier alpha value is -1.09. The Kier molecular flexibility index (Phi) is 2.68. The monoisotopic (exact) mass is 194 g/mol. The average molecular weight is 194 g/mol. The van der Waals surface area contributed by atoms with Crippen LogP contribution in [0.4, 0.5) is 0 Å². The van der Waals surface area contributed by atoms with Crippen LogP contribution in [-0.4, -0.2) is 18.5 Å². The van der Waals surface area contributed by atoms with E-state index < -0.39 is 0 Å². The van der Waals surface area contributed by atoms with Crippen LogP contribution < -0.4 is 0 Å². The lowest BCUT2D eigenvalue weighted by Gasteiger charge is -2.12. The van der Waals surface area contributed by atoms with Crippen molar-refractivity contribution in [3.05, 3.63) is 24.2 Å². The Balaban J connectivity index is 2.07. The van der Waals surface area contributed by atoms with Crippen LogP contribution >= 0.6 is 0 Å². The highest BCUT2D eigenvalue weighted by Gasteiger charge is 2.38. The molecule has 0 aromatic carbocycles. The number of hydrogen-bond acceptors (Lipinski definition) is 3. The molecule has 1 aliphatic carbocycles. The minimum atomic E-state index is -0.286. The molecule has 0 bridgehead atoms. The Morgan fingerprint density at radius 1 is 1.71 bits per heavy atom. The number of Topliss-reactive ketones (excluding diaryl/α,β-unsaturated/α-hetero) is 1. The van der Waals surface area contributed by atoms with Gasteiger partial charge in [-0.3, -0.25) is 4.79 Å². The molecule has 1 aromatic heterocycles. The second kappa shape index (κ2) is 3.96. The van der Waals surface area contributed by atoms with Crippen molar-refractivity contribution in [2.75, 3.05) is 6.61 Å². The zero-order valence-corrected chi connectivity index (χ0v) is 8.23. The molecule has 1 atom stereocenters. The molecule has 0 radical (unpaired) electrons. The van der Waals surface area contributed by atoms with E-state index in [9.17, 15) is 4.79 Å². The van der Waals surface area contributed by atoms with E-state index in [0.29, 0.717) is 18.3 Å². The molecule has 2 rings (SSSR count). The first-order valence-corrected chi connectivity index (χ1v) is 5.02. The topological polar surface area (TPSA) is 39.4 Å². The number of rotatable bonds is 5. The minimum Gasteiger partial charge on any atom is -0.461 e. The van der Waals surface area contributed by atoms with E-state index in [1.807, 2.05) is 6.92 Å². The van der Waals surface area contributed by atoms with Crippen molar-refractivity contribution in [1.29, 1.82) is 0 Å². The minimum absolute atomic E-state index is 0.0145. The molecule has 3 nitrogen and oxygen atoms in total. The van der Waals surface area contributed by atoms with Crippen molar-refractivity contribution < 1.29 is 13.9 Å². The molecule has 1 heterocycles. The van der Waals surface area contributed by atoms with Gasteiger partial charge in [-0.25, -0.2) is 0 Å². The first-order valence-electron chi connectivity index (χ1n) is 5.02. The molecule has 1 unspecified atom stereocenters. The van der Waals surface area contributed by atoms with Gasteiger partial charge in [-0.15, -0.1) is 0 Å². The van der Waals surface area contributed by atoms with E-state index in [1.54, 1.807) is 12.1 Å². The zero-order chi connectivity index (χ0) is 9.97. The molecule has 0 N–H and O–H groups in total. The van der Waals surface area contributed by atoms with Gasteiger partial charge < -0.3 is 9.15 Å². The van der Waals surface area contributed by atoms with Crippen molar-refractivity contribution in [3.63, 3.8) is 0 Å². The lowest BCUT2D eigenvalue weighted by Crippen LogP contribution is -2.26. The quantitative estimate of drug-likeness (QED) is 0.675. The standard InChI is InChI=1S/C11H14O3/c1-2-13-11(8-5-6-8)10(12)9-4-3-7-14-9/h3-4,7-8,11H,2,5-6H2,1H3. The molecule has 0 aliphatic heterocycles. The molecule has 1 aromatic rings. The predicted octanol–water partition coefficient (Wildman–Crippen LogP) is 2.28. The van der Waals surface area contributed by atoms with Crippen LogP contribution in [0.2, 0.25) is 0 Å². The third kappa shape index (κ3) is 1.87. The first kappa shape index (κ1) is 9.46. The molecular weight excluding hydrogens is 180 g/mol. The van der Waals surface area contributed by atoms with Crippen LogP contribution in [0.5, 0.6) is 0 Å². The molecule has 76 valence electrons. The highest BCUT2D eigenvalue weighted by atomic mass is 16.5. The summed E-state index contributed by atoms with van der Waals surface area (Å²) < 4.78 is 10.5. The summed E-state index contributed by atoms with van der Waals surface area (Å²) in [5.41, 5.74) is 0. The number of furan rings is 1. The smallest absolute Gasteiger partial charge is 0.226 e. The molecule has 0 saturated heterocycles. The summed E-state index contributed by atoms with van der Waals surface area (Å²) in [7, 11) is 0. The summed E-state index contributed by atoms with van der Waals surface area (Å²) in [4.78, 5) is 11.9. The highest BCUT2D eigenvalue weighted by Crippen LogP contribution is 2.35. The maximum absolute atomic E-state index is 11.9. The summed E-state index contributed by atoms with van der Waals surface area (Å²) in [5.74, 6) is 0.808. The third-order valence-corrected chi connectivity index (χ3v) is 2.42. The second-order valence-corrected chi connectivity index (χ2v) is 3.55. The Morgan fingerprint density at radius 3 is 3.00 bits per heavy atom. The van der Waals surface area contributed by atoms with Gasteiger partial charge in [-0.05, 0) is 37.8 Å². The average Bonchev–Trinajstić information content (AvgIpc) is 2.88. The second-order valence-electron chi connectivity index (χ2n) is 3.55. The third-order valence-electron chi connectivity index (χ3n) is 2.42. The molecular formula is C11H14O3. The van der Waals surface area contributed by atoms with E-state index in [-0.39, 0.29) is 11.9 Å². The molecule has 0 spiro atoms. The molecule has 0 amide bonds. The SMILES string of the molecule is CCOC(C(=O)c1ccco1)C1CC1. The Bertz CT molecular complexity index is 298. The van der Waals surface area contributed by atoms with Crippen LogP contribution in [0.1, 0.15) is 30.3 Å². The van der Waals surface area contributed by atoms with Gasteiger partial charge in [0, 0.05) is 6.61 Å². The van der Waals surface area contributed by atoms with Gasteiger partial charge in [0.1, 0.15) is 6.10 Å². The Labute approximate surface area is 83.0 Å². The number of carbonyl (C=O) groups excluding carboxylic acids is 1. The summed E-state index contributed by atoms with van der Waals surface area (Å²) >= 11 is 0. The van der Waals surface area contributed by atoms with Crippen LogP contribution in [-0.2, 0) is 4.74 Å². The molecule has 1 saturated carbocycles. The number of hydrogen-bond donors (Lipinski definition) is 0. The van der Waals surface area contributed by atoms with E-state index in [4.69, 9.17) is 9.15 Å². The van der Waals surface area contributed by atoms with Crippen LogP contribution in [0.15, 0.2) is 22.8 Å².